The summed E-state index contributed by atoms with van der Waals surface area (Å²) in [6.45, 7) is 2.55. The fraction of sp³-hybridized carbons (Fsp3) is 0.545. The molecule has 0 aromatic carbocycles. The van der Waals surface area contributed by atoms with Crippen LogP contribution in [0.15, 0.2) is 12.4 Å². The van der Waals surface area contributed by atoms with Crippen molar-refractivity contribution in [3.05, 3.63) is 18.1 Å². The second-order valence-electron chi connectivity index (χ2n) is 4.18. The molecule has 0 bridgehead atoms. The SMILES string of the molecule is CCOC1CC(N)C1Nc1nccnc1C(N)=O. The Morgan fingerprint density at radius 3 is 2.89 bits per heavy atom. The van der Waals surface area contributed by atoms with Crippen molar-refractivity contribution in [1.29, 1.82) is 0 Å². The van der Waals surface area contributed by atoms with E-state index in [1.165, 1.54) is 12.4 Å². The van der Waals surface area contributed by atoms with Crippen molar-refractivity contribution in [2.45, 2.75) is 31.5 Å². The number of carbonyl (C=O) groups is 1. The smallest absolute Gasteiger partial charge is 0.271 e. The van der Waals surface area contributed by atoms with Gasteiger partial charge in [0.1, 0.15) is 0 Å². The summed E-state index contributed by atoms with van der Waals surface area (Å²) in [6, 6.07) is -0.0935. The number of amides is 1. The molecule has 1 aromatic heterocycles. The first kappa shape index (κ1) is 12.7. The molecule has 1 fully saturated rings. The van der Waals surface area contributed by atoms with Crippen LogP contribution in [0, 0.1) is 0 Å². The first-order chi connectivity index (χ1) is 8.63. The maximum absolute atomic E-state index is 11.2. The van der Waals surface area contributed by atoms with E-state index in [-0.39, 0.29) is 23.9 Å². The zero-order valence-corrected chi connectivity index (χ0v) is 10.2. The largest absolute Gasteiger partial charge is 0.376 e. The number of carbonyl (C=O) groups excluding carboxylic acids is 1. The van der Waals surface area contributed by atoms with Crippen molar-refractivity contribution >= 4 is 11.7 Å². The number of primary amides is 1. The van der Waals surface area contributed by atoms with E-state index in [0.717, 1.165) is 6.42 Å². The molecule has 1 heterocycles. The summed E-state index contributed by atoms with van der Waals surface area (Å²) in [5.41, 5.74) is 11.3. The Bertz CT molecular complexity index is 437. The van der Waals surface area contributed by atoms with Gasteiger partial charge in [0.25, 0.3) is 5.91 Å². The van der Waals surface area contributed by atoms with E-state index in [1.807, 2.05) is 6.92 Å². The lowest BCUT2D eigenvalue weighted by Crippen LogP contribution is -2.60. The topological polar surface area (TPSA) is 116 Å². The van der Waals surface area contributed by atoms with E-state index < -0.39 is 5.91 Å². The lowest BCUT2D eigenvalue weighted by atomic mass is 9.83. The third-order valence-corrected chi connectivity index (χ3v) is 2.98. The van der Waals surface area contributed by atoms with Gasteiger partial charge in [-0.05, 0) is 13.3 Å². The molecule has 3 unspecified atom stereocenters. The van der Waals surface area contributed by atoms with Crippen LogP contribution in [-0.4, -0.2) is 40.7 Å². The van der Waals surface area contributed by atoms with Crippen molar-refractivity contribution < 1.29 is 9.53 Å². The van der Waals surface area contributed by atoms with Crippen molar-refractivity contribution in [3.63, 3.8) is 0 Å². The highest BCUT2D eigenvalue weighted by molar-refractivity contribution is 5.95. The molecule has 2 rings (SSSR count). The number of rotatable bonds is 5. The van der Waals surface area contributed by atoms with Gasteiger partial charge >= 0.3 is 0 Å². The first-order valence-electron chi connectivity index (χ1n) is 5.88. The summed E-state index contributed by atoms with van der Waals surface area (Å²) in [6.07, 6.45) is 3.74. The number of aromatic nitrogens is 2. The quantitative estimate of drug-likeness (QED) is 0.649. The summed E-state index contributed by atoms with van der Waals surface area (Å²) in [5.74, 6) is -0.263. The van der Waals surface area contributed by atoms with Gasteiger partial charge in [0, 0.05) is 25.0 Å². The lowest BCUT2D eigenvalue weighted by Gasteiger charge is -2.42. The van der Waals surface area contributed by atoms with Crippen LogP contribution >= 0.6 is 0 Å². The minimum Gasteiger partial charge on any atom is -0.376 e. The van der Waals surface area contributed by atoms with Crippen LogP contribution < -0.4 is 16.8 Å². The van der Waals surface area contributed by atoms with Crippen molar-refractivity contribution in [3.8, 4) is 0 Å². The normalized spacial score (nSPS) is 26.4. The van der Waals surface area contributed by atoms with E-state index in [1.54, 1.807) is 0 Å². The minimum atomic E-state index is -0.619. The third-order valence-electron chi connectivity index (χ3n) is 2.98. The molecule has 1 aliphatic rings. The molecular weight excluding hydrogens is 234 g/mol. The molecule has 18 heavy (non-hydrogen) atoms. The molecule has 0 aliphatic heterocycles. The van der Waals surface area contributed by atoms with E-state index in [9.17, 15) is 4.79 Å². The molecule has 1 amide bonds. The van der Waals surface area contributed by atoms with Crippen LogP contribution in [0.2, 0.25) is 0 Å². The van der Waals surface area contributed by atoms with E-state index in [0.29, 0.717) is 12.4 Å². The van der Waals surface area contributed by atoms with Gasteiger partial charge in [0.05, 0.1) is 12.1 Å². The van der Waals surface area contributed by atoms with Gasteiger partial charge in [0.15, 0.2) is 11.5 Å². The predicted octanol–water partition coefficient (Wildman–Crippen LogP) is -0.508. The van der Waals surface area contributed by atoms with Gasteiger partial charge in [0.2, 0.25) is 0 Å². The maximum atomic E-state index is 11.2. The van der Waals surface area contributed by atoms with Crippen LogP contribution in [0.25, 0.3) is 0 Å². The Hall–Kier alpha value is -1.73. The second kappa shape index (κ2) is 5.28. The van der Waals surface area contributed by atoms with Gasteiger partial charge in [-0.2, -0.15) is 0 Å². The number of hydrogen-bond donors (Lipinski definition) is 3. The first-order valence-corrected chi connectivity index (χ1v) is 5.88. The van der Waals surface area contributed by atoms with E-state index >= 15 is 0 Å². The highest BCUT2D eigenvalue weighted by Gasteiger charge is 2.40. The van der Waals surface area contributed by atoms with Gasteiger partial charge < -0.3 is 21.5 Å². The fourth-order valence-electron chi connectivity index (χ4n) is 2.01. The monoisotopic (exact) mass is 251 g/mol. The number of ether oxygens (including phenoxy) is 1. The standard InChI is InChI=1S/C11H17N5O2/c1-2-18-7-5-6(12)8(7)16-11-9(10(13)17)14-3-4-15-11/h3-4,6-8H,2,5,12H2,1H3,(H2,13,17)(H,15,16). The molecule has 1 aliphatic carbocycles. The Morgan fingerprint density at radius 1 is 1.56 bits per heavy atom. The molecule has 0 spiro atoms. The number of nitrogens with zero attached hydrogens (tertiary/aromatic N) is 2. The lowest BCUT2D eigenvalue weighted by molar-refractivity contribution is -0.0127. The van der Waals surface area contributed by atoms with E-state index in [2.05, 4.69) is 15.3 Å². The number of nitrogens with one attached hydrogen (secondary N) is 1. The zero-order chi connectivity index (χ0) is 13.1. The average Bonchev–Trinajstić information content (AvgIpc) is 2.36. The number of nitrogens with two attached hydrogens (primary N) is 2. The van der Waals surface area contributed by atoms with Crippen molar-refractivity contribution in [2.24, 2.45) is 11.5 Å². The van der Waals surface area contributed by atoms with Crippen LogP contribution in [0.1, 0.15) is 23.8 Å². The number of anilines is 1. The highest BCUT2D eigenvalue weighted by Crippen LogP contribution is 2.26. The molecule has 1 aromatic rings. The van der Waals surface area contributed by atoms with Gasteiger partial charge in [-0.15, -0.1) is 0 Å². The highest BCUT2D eigenvalue weighted by atomic mass is 16.5. The molecule has 7 nitrogen and oxygen atoms in total. The number of hydrogen-bond acceptors (Lipinski definition) is 6. The molecule has 5 N–H and O–H groups in total. The minimum absolute atomic E-state index is 0.0238. The molecule has 1 saturated carbocycles. The van der Waals surface area contributed by atoms with Gasteiger partial charge in [-0.3, -0.25) is 4.79 Å². The molecule has 0 saturated heterocycles. The average molecular weight is 251 g/mol. The summed E-state index contributed by atoms with van der Waals surface area (Å²) >= 11 is 0. The maximum Gasteiger partial charge on any atom is 0.271 e. The molecular formula is C11H17N5O2. The third kappa shape index (κ3) is 2.41. The Labute approximate surface area is 105 Å². The zero-order valence-electron chi connectivity index (χ0n) is 10.2. The summed E-state index contributed by atoms with van der Waals surface area (Å²) in [5, 5.41) is 3.09. The molecule has 0 radical (unpaired) electrons. The Kier molecular flexibility index (Phi) is 3.73. The van der Waals surface area contributed by atoms with Crippen molar-refractivity contribution in [1.82, 2.24) is 9.97 Å². The summed E-state index contributed by atoms with van der Waals surface area (Å²) in [7, 11) is 0. The molecule has 3 atom stereocenters. The van der Waals surface area contributed by atoms with Crippen molar-refractivity contribution in [2.75, 3.05) is 11.9 Å². The Balaban J connectivity index is 2.11. The second-order valence-corrected chi connectivity index (χ2v) is 4.18. The Morgan fingerprint density at radius 2 is 2.28 bits per heavy atom. The van der Waals surface area contributed by atoms with Crippen LogP contribution in [-0.2, 0) is 4.74 Å². The fourth-order valence-corrected chi connectivity index (χ4v) is 2.01. The molecule has 7 heteroatoms. The molecule has 98 valence electrons. The predicted molar refractivity (Wildman–Crippen MR) is 66.0 cm³/mol. The summed E-state index contributed by atoms with van der Waals surface area (Å²) < 4.78 is 5.53. The van der Waals surface area contributed by atoms with Crippen LogP contribution in [0.5, 0.6) is 0 Å². The summed E-state index contributed by atoms with van der Waals surface area (Å²) in [4.78, 5) is 19.2. The van der Waals surface area contributed by atoms with Crippen LogP contribution in [0.4, 0.5) is 5.82 Å². The van der Waals surface area contributed by atoms with Gasteiger partial charge in [-0.25, -0.2) is 9.97 Å². The van der Waals surface area contributed by atoms with E-state index in [4.69, 9.17) is 16.2 Å². The van der Waals surface area contributed by atoms with Gasteiger partial charge in [-0.1, -0.05) is 0 Å². The van der Waals surface area contributed by atoms with Crippen LogP contribution in [0.3, 0.4) is 0 Å².